The van der Waals surface area contributed by atoms with Crippen molar-refractivity contribution in [3.63, 3.8) is 0 Å². The highest BCUT2D eigenvalue weighted by molar-refractivity contribution is 6.01. The second-order valence-corrected chi connectivity index (χ2v) is 8.88. The number of halogens is 2. The molecule has 4 rings (SSSR count). The summed E-state index contributed by atoms with van der Waals surface area (Å²) < 4.78 is 37.6. The Morgan fingerprint density at radius 3 is 2.52 bits per heavy atom. The quantitative estimate of drug-likeness (QED) is 0.774. The maximum atomic E-state index is 16.6. The van der Waals surface area contributed by atoms with Gasteiger partial charge in [-0.2, -0.15) is 0 Å². The highest BCUT2D eigenvalue weighted by atomic mass is 19.1. The molecule has 5 heteroatoms. The summed E-state index contributed by atoms with van der Waals surface area (Å²) >= 11 is 0. The summed E-state index contributed by atoms with van der Waals surface area (Å²) in [6.45, 7) is 7.05. The highest BCUT2D eigenvalue weighted by Gasteiger charge is 2.76. The van der Waals surface area contributed by atoms with Gasteiger partial charge in [-0.3, -0.25) is 4.79 Å². The topological polar surface area (TPSA) is 49.8 Å². The highest BCUT2D eigenvalue weighted by Crippen LogP contribution is 2.69. The molecule has 0 bridgehead atoms. The molecule has 0 aromatic heterocycles. The first-order valence-corrected chi connectivity index (χ1v) is 9.16. The van der Waals surface area contributed by atoms with Gasteiger partial charge in [0.1, 0.15) is 6.17 Å². The van der Waals surface area contributed by atoms with Gasteiger partial charge in [0, 0.05) is 11.3 Å². The smallest absolute Gasteiger partial charge is 0.178 e. The van der Waals surface area contributed by atoms with Crippen LogP contribution >= 0.6 is 0 Å². The maximum Gasteiger partial charge on any atom is 0.178 e. The summed E-state index contributed by atoms with van der Waals surface area (Å²) in [6.07, 6.45) is 2.86. The zero-order valence-corrected chi connectivity index (χ0v) is 15.2. The van der Waals surface area contributed by atoms with Crippen molar-refractivity contribution < 1.29 is 23.4 Å². The molecule has 0 amide bonds. The molecule has 3 nitrogen and oxygen atoms in total. The molecule has 4 unspecified atom stereocenters. The number of rotatable bonds is 2. The second-order valence-electron chi connectivity index (χ2n) is 8.88. The number of ether oxygens (including phenoxy) is 1. The number of alkyl halides is 2. The van der Waals surface area contributed by atoms with Crippen LogP contribution in [0.2, 0.25) is 0 Å². The second kappa shape index (κ2) is 4.80. The molecule has 2 saturated carbocycles. The summed E-state index contributed by atoms with van der Waals surface area (Å²) in [5.74, 6) is -1.15. The Kier molecular flexibility index (Phi) is 3.33. The van der Waals surface area contributed by atoms with Gasteiger partial charge < -0.3 is 9.84 Å². The van der Waals surface area contributed by atoms with E-state index in [1.807, 2.05) is 13.8 Å². The lowest BCUT2D eigenvalue weighted by atomic mass is 9.51. The summed E-state index contributed by atoms with van der Waals surface area (Å²) in [6, 6.07) is 0. The number of ketones is 1. The van der Waals surface area contributed by atoms with Crippen LogP contribution in [0.4, 0.5) is 8.78 Å². The van der Waals surface area contributed by atoms with Crippen LogP contribution in [-0.2, 0) is 9.53 Å². The van der Waals surface area contributed by atoms with Crippen molar-refractivity contribution >= 4 is 5.78 Å². The number of fused-ring (bicyclic) bond motifs is 2. The molecule has 1 N–H and O–H groups in total. The van der Waals surface area contributed by atoms with Crippen molar-refractivity contribution in [2.75, 3.05) is 0 Å². The fraction of sp³-hybridized carbons (Fsp3) is 0.750. The van der Waals surface area contributed by atoms with E-state index in [9.17, 15) is 9.90 Å². The third-order valence-electron chi connectivity index (χ3n) is 7.79. The molecule has 1 saturated heterocycles. The van der Waals surface area contributed by atoms with Crippen LogP contribution < -0.4 is 0 Å². The molecule has 8 atom stereocenters. The lowest BCUT2D eigenvalue weighted by molar-refractivity contribution is -0.145. The van der Waals surface area contributed by atoms with Gasteiger partial charge in [0.25, 0.3) is 0 Å². The van der Waals surface area contributed by atoms with Crippen molar-refractivity contribution in [2.45, 2.75) is 76.1 Å². The minimum Gasteiger partial charge on any atom is -0.390 e. The first kappa shape index (κ1) is 17.3. The number of carbonyl (C=O) groups excluding carboxylic acids is 1. The van der Waals surface area contributed by atoms with E-state index >= 15 is 8.78 Å². The van der Waals surface area contributed by atoms with Crippen molar-refractivity contribution in [1.29, 1.82) is 0 Å². The molecular formula is C20H26F2O3. The summed E-state index contributed by atoms with van der Waals surface area (Å²) in [5, 5.41) is 10.5. The molecule has 3 aliphatic carbocycles. The van der Waals surface area contributed by atoms with Gasteiger partial charge in [0.15, 0.2) is 11.5 Å². The van der Waals surface area contributed by atoms with E-state index in [0.717, 1.165) is 12.8 Å². The van der Waals surface area contributed by atoms with E-state index in [1.165, 1.54) is 25.2 Å². The Hall–Kier alpha value is -1.07. The Balaban J connectivity index is 1.82. The van der Waals surface area contributed by atoms with Gasteiger partial charge in [-0.05, 0) is 70.6 Å². The van der Waals surface area contributed by atoms with Gasteiger partial charge in [0.05, 0.1) is 17.3 Å². The first-order valence-electron chi connectivity index (χ1n) is 9.16. The zero-order valence-electron chi connectivity index (χ0n) is 15.2. The van der Waals surface area contributed by atoms with E-state index in [0.29, 0.717) is 0 Å². The fourth-order valence-corrected chi connectivity index (χ4v) is 6.07. The number of aliphatic hydroxyl groups is 1. The average molecular weight is 352 g/mol. The molecule has 138 valence electrons. The fourth-order valence-electron chi connectivity index (χ4n) is 6.07. The lowest BCUT2D eigenvalue weighted by Crippen LogP contribution is -2.63. The Bertz CT molecular complexity index is 697. The summed E-state index contributed by atoms with van der Waals surface area (Å²) in [7, 11) is 0. The average Bonchev–Trinajstić information content (AvgIpc) is 2.99. The van der Waals surface area contributed by atoms with Crippen molar-refractivity contribution in [3.8, 4) is 0 Å². The van der Waals surface area contributed by atoms with Crippen molar-refractivity contribution in [2.24, 2.45) is 17.3 Å². The number of allylic oxidation sites excluding steroid dienone is 4. The van der Waals surface area contributed by atoms with E-state index in [-0.39, 0.29) is 29.3 Å². The zero-order chi connectivity index (χ0) is 18.4. The standard InChI is InChI=1S/C20H26F2O3/c1-11(23)20(22)14(13-6-8-18(3)19(13,4)25-18)10-16(21)15-9-12(24)5-7-17(15,20)2/h5,7,9,11,13-14,16,23H,6,8,10H2,1-4H3/t11?,13-,14?,16-,17?,18+,19?,20+/m0/s1. The Morgan fingerprint density at radius 2 is 2.00 bits per heavy atom. The summed E-state index contributed by atoms with van der Waals surface area (Å²) in [4.78, 5) is 11.7. The van der Waals surface area contributed by atoms with Gasteiger partial charge in [0.2, 0.25) is 0 Å². The Morgan fingerprint density at radius 1 is 1.32 bits per heavy atom. The molecule has 0 spiro atoms. The Labute approximate surface area is 147 Å². The first-order chi connectivity index (χ1) is 11.5. The SMILES string of the molecule is CC(O)[C@@]1(F)C([C@@H]2CC[C@@]3(C)OC23C)C[C@H](F)C2=CC(=O)C=CC21C. The van der Waals surface area contributed by atoms with E-state index in [2.05, 4.69) is 0 Å². The predicted octanol–water partition coefficient (Wildman–Crippen LogP) is 3.46. The van der Waals surface area contributed by atoms with Crippen LogP contribution in [-0.4, -0.2) is 40.0 Å². The predicted molar refractivity (Wildman–Crippen MR) is 89.5 cm³/mol. The van der Waals surface area contributed by atoms with Gasteiger partial charge in [-0.1, -0.05) is 6.08 Å². The minimum atomic E-state index is -2.05. The monoisotopic (exact) mass is 352 g/mol. The van der Waals surface area contributed by atoms with Crippen LogP contribution in [0.3, 0.4) is 0 Å². The molecular weight excluding hydrogens is 326 g/mol. The number of hydrogen-bond donors (Lipinski definition) is 1. The van der Waals surface area contributed by atoms with Crippen LogP contribution in [0, 0.1) is 17.3 Å². The van der Waals surface area contributed by atoms with Crippen molar-refractivity contribution in [3.05, 3.63) is 23.8 Å². The van der Waals surface area contributed by atoms with E-state index < -0.39 is 34.9 Å². The molecule has 1 aliphatic heterocycles. The van der Waals surface area contributed by atoms with E-state index in [1.54, 1.807) is 6.92 Å². The van der Waals surface area contributed by atoms with Crippen LogP contribution in [0.15, 0.2) is 23.8 Å². The van der Waals surface area contributed by atoms with Gasteiger partial charge in [-0.25, -0.2) is 8.78 Å². The normalized spacial score (nSPS) is 55.4. The molecule has 25 heavy (non-hydrogen) atoms. The lowest BCUT2D eigenvalue weighted by Gasteiger charge is -2.56. The number of carbonyl (C=O) groups is 1. The van der Waals surface area contributed by atoms with Gasteiger partial charge in [-0.15, -0.1) is 0 Å². The molecule has 3 fully saturated rings. The number of hydrogen-bond acceptors (Lipinski definition) is 3. The van der Waals surface area contributed by atoms with Gasteiger partial charge >= 0.3 is 0 Å². The van der Waals surface area contributed by atoms with Crippen LogP contribution in [0.1, 0.15) is 47.0 Å². The molecule has 1 heterocycles. The third kappa shape index (κ3) is 1.89. The van der Waals surface area contributed by atoms with Crippen LogP contribution in [0.25, 0.3) is 0 Å². The molecule has 0 radical (unpaired) electrons. The van der Waals surface area contributed by atoms with Crippen LogP contribution in [0.5, 0.6) is 0 Å². The summed E-state index contributed by atoms with van der Waals surface area (Å²) in [5.41, 5.74) is -3.96. The third-order valence-corrected chi connectivity index (χ3v) is 7.79. The minimum absolute atomic E-state index is 0.0242. The van der Waals surface area contributed by atoms with E-state index in [4.69, 9.17) is 4.74 Å². The number of aliphatic hydroxyl groups excluding tert-OH is 1. The number of epoxide rings is 1. The largest absolute Gasteiger partial charge is 0.390 e. The maximum absolute atomic E-state index is 16.6. The molecule has 0 aromatic carbocycles. The molecule has 4 aliphatic rings. The van der Waals surface area contributed by atoms with Crippen molar-refractivity contribution in [1.82, 2.24) is 0 Å². The molecule has 0 aromatic rings.